The van der Waals surface area contributed by atoms with Gasteiger partial charge in [0.25, 0.3) is 0 Å². The van der Waals surface area contributed by atoms with Gasteiger partial charge in [-0.2, -0.15) is 0 Å². The summed E-state index contributed by atoms with van der Waals surface area (Å²) < 4.78 is 7.32. The highest BCUT2D eigenvalue weighted by molar-refractivity contribution is 7.15. The Hall–Kier alpha value is -2.60. The van der Waals surface area contributed by atoms with Crippen molar-refractivity contribution in [2.45, 2.75) is 20.3 Å². The van der Waals surface area contributed by atoms with E-state index in [9.17, 15) is 9.90 Å². The van der Waals surface area contributed by atoms with Crippen LogP contribution >= 0.6 is 11.3 Å². The number of ether oxygens (including phenoxy) is 1. The number of thiazole rings is 1. The minimum Gasteiger partial charge on any atom is -0.489 e. The molecule has 5 nitrogen and oxygen atoms in total. The van der Waals surface area contributed by atoms with Gasteiger partial charge in [-0.15, -0.1) is 11.3 Å². The molecule has 0 atom stereocenters. The summed E-state index contributed by atoms with van der Waals surface area (Å²) in [5.41, 5.74) is 3.55. The summed E-state index contributed by atoms with van der Waals surface area (Å²) in [5.74, 6) is -0.202. The lowest BCUT2D eigenvalue weighted by Crippen LogP contribution is -2.05. The van der Waals surface area contributed by atoms with E-state index in [1.807, 2.05) is 43.5 Å². The van der Waals surface area contributed by atoms with Crippen molar-refractivity contribution >= 4 is 22.3 Å². The molecule has 0 aliphatic heterocycles. The van der Waals surface area contributed by atoms with Crippen molar-refractivity contribution in [3.8, 4) is 17.0 Å². The van der Waals surface area contributed by atoms with E-state index in [1.165, 1.54) is 11.3 Å². The van der Waals surface area contributed by atoms with Crippen LogP contribution < -0.4 is 4.74 Å². The molecule has 0 aliphatic rings. The summed E-state index contributed by atoms with van der Waals surface area (Å²) in [6.07, 6.45) is 0.586. The summed E-state index contributed by atoms with van der Waals surface area (Å²) in [4.78, 5) is 16.8. The van der Waals surface area contributed by atoms with Crippen LogP contribution in [0.1, 0.15) is 30.0 Å². The lowest BCUT2D eigenvalue weighted by atomic mass is 10.1. The number of aromatic nitrogens is 2. The van der Waals surface area contributed by atoms with Crippen molar-refractivity contribution in [1.29, 1.82) is 0 Å². The van der Waals surface area contributed by atoms with Crippen LogP contribution in [0.2, 0.25) is 0 Å². The molecule has 1 N–H and O–H groups in total. The lowest BCUT2D eigenvalue weighted by Gasteiger charge is -2.07. The van der Waals surface area contributed by atoms with Crippen LogP contribution in [0.5, 0.6) is 5.75 Å². The van der Waals surface area contributed by atoms with Crippen LogP contribution in [-0.2, 0) is 6.42 Å². The molecule has 3 aromatic rings. The maximum Gasteiger partial charge on any atom is 0.354 e. The van der Waals surface area contributed by atoms with E-state index in [0.717, 1.165) is 22.6 Å². The van der Waals surface area contributed by atoms with Gasteiger partial charge in [-0.25, -0.2) is 9.78 Å². The Morgan fingerprint density at radius 3 is 2.67 bits per heavy atom. The number of carboxylic acids is 1. The third-order valence-corrected chi connectivity index (χ3v) is 4.43. The largest absolute Gasteiger partial charge is 0.489 e. The first-order chi connectivity index (χ1) is 11.5. The number of carboxylic acid groups (broad SMARTS) is 1. The zero-order chi connectivity index (χ0) is 17.3. The number of aryl methyl sites for hydroxylation is 1. The first kappa shape index (κ1) is 16.3. The summed E-state index contributed by atoms with van der Waals surface area (Å²) in [6, 6.07) is 7.60. The highest BCUT2D eigenvalue weighted by atomic mass is 32.1. The Morgan fingerprint density at radius 1 is 1.38 bits per heavy atom. The van der Waals surface area contributed by atoms with E-state index in [2.05, 4.69) is 11.6 Å². The average molecular weight is 342 g/mol. The van der Waals surface area contributed by atoms with Crippen molar-refractivity contribution in [2.24, 2.45) is 0 Å². The predicted molar refractivity (Wildman–Crippen MR) is 95.2 cm³/mol. The fourth-order valence-electron chi connectivity index (χ4n) is 2.50. The van der Waals surface area contributed by atoms with Gasteiger partial charge in [0.2, 0.25) is 0 Å². The van der Waals surface area contributed by atoms with Crippen LogP contribution in [0.4, 0.5) is 0 Å². The normalized spacial score (nSPS) is 10.9. The number of hydrogen-bond acceptors (Lipinski definition) is 4. The van der Waals surface area contributed by atoms with E-state index in [4.69, 9.17) is 4.74 Å². The molecule has 0 saturated heterocycles. The molecule has 3 rings (SSSR count). The van der Waals surface area contributed by atoms with E-state index in [1.54, 1.807) is 4.40 Å². The second-order valence-electron chi connectivity index (χ2n) is 5.57. The van der Waals surface area contributed by atoms with E-state index < -0.39 is 5.97 Å². The Morgan fingerprint density at radius 2 is 2.08 bits per heavy atom. The van der Waals surface area contributed by atoms with Crippen LogP contribution in [0.25, 0.3) is 16.2 Å². The molecule has 24 heavy (non-hydrogen) atoms. The molecule has 0 spiro atoms. The van der Waals surface area contributed by atoms with Crippen LogP contribution in [-0.4, -0.2) is 27.1 Å². The number of carbonyl (C=O) groups is 1. The second kappa shape index (κ2) is 6.49. The van der Waals surface area contributed by atoms with Crippen LogP contribution in [0.15, 0.2) is 41.8 Å². The Bertz CT molecular complexity index is 906. The first-order valence-electron chi connectivity index (χ1n) is 7.61. The molecule has 0 radical (unpaired) electrons. The highest BCUT2D eigenvalue weighted by Crippen LogP contribution is 2.30. The molecule has 6 heteroatoms. The predicted octanol–water partition coefficient (Wildman–Crippen LogP) is 4.28. The van der Waals surface area contributed by atoms with Gasteiger partial charge in [-0.3, -0.25) is 4.40 Å². The topological polar surface area (TPSA) is 63.8 Å². The molecule has 0 amide bonds. The maximum absolute atomic E-state index is 11.7. The van der Waals surface area contributed by atoms with Crippen molar-refractivity contribution in [3.05, 3.63) is 53.2 Å². The smallest absolute Gasteiger partial charge is 0.354 e. The standard InChI is InChI=1S/C18H18N2O3S/c1-4-14-16(17(21)22)20-15(10-24-18(20)19-14)12-5-7-13(8-6-12)23-9-11(2)3/h5-8,10H,2,4,9H2,1,3H3,(H,21,22). The second-order valence-corrected chi connectivity index (χ2v) is 6.41. The summed E-state index contributed by atoms with van der Waals surface area (Å²) in [5, 5.41) is 11.5. The summed E-state index contributed by atoms with van der Waals surface area (Å²) in [7, 11) is 0. The Labute approximate surface area is 143 Å². The van der Waals surface area contributed by atoms with Crippen molar-refractivity contribution in [2.75, 3.05) is 6.61 Å². The Balaban J connectivity index is 2.01. The number of imidazole rings is 1. The number of fused-ring (bicyclic) bond motifs is 1. The van der Waals surface area contributed by atoms with Gasteiger partial charge in [-0.1, -0.05) is 13.5 Å². The molecular formula is C18H18N2O3S. The summed E-state index contributed by atoms with van der Waals surface area (Å²) in [6.45, 7) is 8.11. The van der Waals surface area contributed by atoms with Crippen LogP contribution in [0.3, 0.4) is 0 Å². The van der Waals surface area contributed by atoms with Crippen LogP contribution in [0, 0.1) is 0 Å². The van der Waals surface area contributed by atoms with E-state index in [-0.39, 0.29) is 5.69 Å². The molecule has 1 aromatic carbocycles. The fraction of sp³-hybridized carbons (Fsp3) is 0.222. The molecule has 0 fully saturated rings. The third-order valence-electron chi connectivity index (χ3n) is 3.61. The van der Waals surface area contributed by atoms with Gasteiger partial charge in [0.15, 0.2) is 10.7 Å². The number of benzene rings is 1. The molecule has 2 aromatic heterocycles. The summed E-state index contributed by atoms with van der Waals surface area (Å²) >= 11 is 1.44. The van der Waals surface area contributed by atoms with Crippen molar-refractivity contribution in [3.63, 3.8) is 0 Å². The molecule has 2 heterocycles. The molecule has 124 valence electrons. The van der Waals surface area contributed by atoms with Gasteiger partial charge < -0.3 is 9.84 Å². The third kappa shape index (κ3) is 2.92. The maximum atomic E-state index is 11.7. The van der Waals surface area contributed by atoms with Gasteiger partial charge in [0, 0.05) is 5.38 Å². The molecular weight excluding hydrogens is 324 g/mol. The lowest BCUT2D eigenvalue weighted by molar-refractivity contribution is 0.0688. The number of aromatic carboxylic acids is 1. The SMILES string of the molecule is C=C(C)COc1ccc(-c2csc3nc(CC)c(C(=O)O)n23)cc1. The van der Waals surface area contributed by atoms with Gasteiger partial charge in [-0.05, 0) is 48.7 Å². The molecule has 0 saturated carbocycles. The number of hydrogen-bond donors (Lipinski definition) is 1. The average Bonchev–Trinajstić information content (AvgIpc) is 3.11. The minimum absolute atomic E-state index is 0.242. The molecule has 0 bridgehead atoms. The van der Waals surface area contributed by atoms with Gasteiger partial charge in [0.1, 0.15) is 12.4 Å². The van der Waals surface area contributed by atoms with Gasteiger partial charge >= 0.3 is 5.97 Å². The minimum atomic E-state index is -0.958. The quantitative estimate of drug-likeness (QED) is 0.679. The monoisotopic (exact) mass is 342 g/mol. The fourth-order valence-corrected chi connectivity index (χ4v) is 3.41. The van der Waals surface area contributed by atoms with Crippen molar-refractivity contribution < 1.29 is 14.6 Å². The zero-order valence-corrected chi connectivity index (χ0v) is 14.4. The highest BCUT2D eigenvalue weighted by Gasteiger charge is 2.21. The van der Waals surface area contributed by atoms with E-state index in [0.29, 0.717) is 23.7 Å². The number of nitrogens with zero attached hydrogens (tertiary/aromatic N) is 2. The van der Waals surface area contributed by atoms with Gasteiger partial charge in [0.05, 0.1) is 11.4 Å². The van der Waals surface area contributed by atoms with E-state index >= 15 is 0 Å². The molecule has 0 unspecified atom stereocenters. The number of rotatable bonds is 6. The zero-order valence-electron chi connectivity index (χ0n) is 13.6. The van der Waals surface area contributed by atoms with Crippen molar-refractivity contribution in [1.82, 2.24) is 9.38 Å². The Kier molecular flexibility index (Phi) is 4.40. The molecule has 0 aliphatic carbocycles. The first-order valence-corrected chi connectivity index (χ1v) is 8.49.